The molecule has 3 heteroatoms. The first-order valence-corrected chi connectivity index (χ1v) is 8.44. The van der Waals surface area contributed by atoms with Crippen LogP contribution in [0, 0.1) is 11.3 Å². The lowest BCUT2D eigenvalue weighted by molar-refractivity contribution is 0.0304. The zero-order valence-corrected chi connectivity index (χ0v) is 14.4. The average Bonchev–Trinajstić information content (AvgIpc) is 2.35. The fourth-order valence-electron chi connectivity index (χ4n) is 4.30. The highest BCUT2D eigenvalue weighted by Crippen LogP contribution is 2.39. The van der Waals surface area contributed by atoms with Crippen LogP contribution in [0.5, 0.6) is 0 Å². The molecule has 2 aliphatic rings. The Morgan fingerprint density at radius 1 is 1.15 bits per heavy atom. The van der Waals surface area contributed by atoms with Gasteiger partial charge in [-0.05, 0) is 58.5 Å². The third-order valence-corrected chi connectivity index (χ3v) is 5.81. The van der Waals surface area contributed by atoms with Gasteiger partial charge in [0.25, 0.3) is 0 Å². The van der Waals surface area contributed by atoms with E-state index in [-0.39, 0.29) is 0 Å². The Balaban J connectivity index is 1.96. The van der Waals surface area contributed by atoms with Gasteiger partial charge in [-0.25, -0.2) is 0 Å². The van der Waals surface area contributed by atoms with Gasteiger partial charge in [-0.3, -0.25) is 9.80 Å². The van der Waals surface area contributed by atoms with Crippen LogP contribution in [0.15, 0.2) is 0 Å². The number of hydrogen-bond donors (Lipinski definition) is 1. The average molecular weight is 281 g/mol. The Bertz CT molecular complexity index is 303. The van der Waals surface area contributed by atoms with Crippen molar-refractivity contribution in [3.8, 4) is 0 Å². The molecular weight excluding hydrogens is 246 g/mol. The number of piperazine rings is 1. The maximum atomic E-state index is 3.58. The van der Waals surface area contributed by atoms with Crippen LogP contribution in [0.1, 0.15) is 47.0 Å². The minimum absolute atomic E-state index is 0.530. The lowest BCUT2D eigenvalue weighted by Crippen LogP contribution is -2.57. The fourth-order valence-corrected chi connectivity index (χ4v) is 4.30. The monoisotopic (exact) mass is 281 g/mol. The summed E-state index contributed by atoms with van der Waals surface area (Å²) in [6, 6.07) is 2.08. The highest BCUT2D eigenvalue weighted by molar-refractivity contribution is 4.92. The van der Waals surface area contributed by atoms with Gasteiger partial charge < -0.3 is 5.32 Å². The van der Waals surface area contributed by atoms with Crippen molar-refractivity contribution in [1.82, 2.24) is 15.1 Å². The van der Waals surface area contributed by atoms with Gasteiger partial charge in [-0.2, -0.15) is 0 Å². The molecule has 1 aliphatic carbocycles. The van der Waals surface area contributed by atoms with E-state index in [1.54, 1.807) is 0 Å². The molecule has 1 saturated carbocycles. The molecule has 0 aromatic heterocycles. The molecule has 0 spiro atoms. The first-order chi connectivity index (χ1) is 9.32. The van der Waals surface area contributed by atoms with E-state index in [1.165, 1.54) is 38.9 Å². The number of hydrogen-bond acceptors (Lipinski definition) is 3. The lowest BCUT2D eigenvalue weighted by atomic mass is 9.69. The summed E-state index contributed by atoms with van der Waals surface area (Å²) in [6.45, 7) is 13.4. The molecule has 0 amide bonds. The predicted octanol–water partition coefficient (Wildman–Crippen LogP) is 2.43. The van der Waals surface area contributed by atoms with Crippen molar-refractivity contribution >= 4 is 0 Å². The second kappa shape index (κ2) is 6.33. The zero-order valence-electron chi connectivity index (χ0n) is 14.4. The normalized spacial score (nSPS) is 39.9. The molecule has 1 aliphatic heterocycles. The Hall–Kier alpha value is -0.120. The van der Waals surface area contributed by atoms with E-state index < -0.39 is 0 Å². The SMILES string of the molecule is CNC1CCC(C)(C)CC1CN1CC(C)N(C)C(C)C1. The molecule has 1 N–H and O–H groups in total. The Morgan fingerprint density at radius 3 is 2.30 bits per heavy atom. The maximum Gasteiger partial charge on any atom is 0.0195 e. The standard InChI is InChI=1S/C17H35N3/c1-13-10-20(11-14(2)19(13)6)12-15-9-17(3,4)8-7-16(15)18-5/h13-16,18H,7-12H2,1-6H3. The number of rotatable bonds is 3. The van der Waals surface area contributed by atoms with Gasteiger partial charge in [0, 0.05) is 37.8 Å². The van der Waals surface area contributed by atoms with Crippen LogP contribution in [0.2, 0.25) is 0 Å². The third-order valence-electron chi connectivity index (χ3n) is 5.81. The molecule has 4 atom stereocenters. The van der Waals surface area contributed by atoms with Crippen molar-refractivity contribution in [2.75, 3.05) is 33.7 Å². The molecule has 4 unspecified atom stereocenters. The molecule has 0 radical (unpaired) electrons. The molecule has 1 saturated heterocycles. The van der Waals surface area contributed by atoms with Crippen LogP contribution < -0.4 is 5.32 Å². The minimum atomic E-state index is 0.530. The molecule has 2 fully saturated rings. The summed E-state index contributed by atoms with van der Waals surface area (Å²) in [5.41, 5.74) is 0.530. The van der Waals surface area contributed by atoms with Crippen molar-refractivity contribution in [1.29, 1.82) is 0 Å². The van der Waals surface area contributed by atoms with Crippen LogP contribution in [-0.2, 0) is 0 Å². The summed E-state index contributed by atoms with van der Waals surface area (Å²) in [7, 11) is 4.41. The van der Waals surface area contributed by atoms with Crippen molar-refractivity contribution in [2.24, 2.45) is 11.3 Å². The van der Waals surface area contributed by atoms with Crippen LogP contribution in [0.3, 0.4) is 0 Å². The van der Waals surface area contributed by atoms with Gasteiger partial charge in [0.2, 0.25) is 0 Å². The zero-order chi connectivity index (χ0) is 14.9. The molecule has 0 aromatic carbocycles. The van der Waals surface area contributed by atoms with Gasteiger partial charge in [0.15, 0.2) is 0 Å². The van der Waals surface area contributed by atoms with E-state index in [1.807, 2.05) is 0 Å². The molecule has 0 aromatic rings. The molecule has 0 bridgehead atoms. The van der Waals surface area contributed by atoms with Crippen molar-refractivity contribution in [2.45, 2.75) is 65.1 Å². The van der Waals surface area contributed by atoms with Gasteiger partial charge in [0.1, 0.15) is 0 Å². The van der Waals surface area contributed by atoms with Crippen molar-refractivity contribution < 1.29 is 0 Å². The first kappa shape index (κ1) is 16.3. The second-order valence-corrected chi connectivity index (χ2v) is 8.14. The molecule has 20 heavy (non-hydrogen) atoms. The van der Waals surface area contributed by atoms with Crippen molar-refractivity contribution in [3.63, 3.8) is 0 Å². The van der Waals surface area contributed by atoms with E-state index >= 15 is 0 Å². The minimum Gasteiger partial charge on any atom is -0.317 e. The van der Waals surface area contributed by atoms with Crippen LogP contribution in [0.25, 0.3) is 0 Å². The summed E-state index contributed by atoms with van der Waals surface area (Å²) >= 11 is 0. The van der Waals surface area contributed by atoms with Crippen LogP contribution in [-0.4, -0.2) is 61.7 Å². The first-order valence-electron chi connectivity index (χ1n) is 8.44. The Morgan fingerprint density at radius 2 is 1.75 bits per heavy atom. The molecular formula is C17H35N3. The second-order valence-electron chi connectivity index (χ2n) is 8.14. The van der Waals surface area contributed by atoms with Gasteiger partial charge in [-0.15, -0.1) is 0 Å². The van der Waals surface area contributed by atoms with Crippen LogP contribution >= 0.6 is 0 Å². The van der Waals surface area contributed by atoms with Crippen molar-refractivity contribution in [3.05, 3.63) is 0 Å². The number of nitrogens with one attached hydrogen (secondary N) is 1. The van der Waals surface area contributed by atoms with Gasteiger partial charge in [-0.1, -0.05) is 13.8 Å². The summed E-state index contributed by atoms with van der Waals surface area (Å²) < 4.78 is 0. The van der Waals surface area contributed by atoms with E-state index in [2.05, 4.69) is 56.9 Å². The Labute approximate surface area is 126 Å². The summed E-state index contributed by atoms with van der Waals surface area (Å²) in [5, 5.41) is 3.58. The molecule has 118 valence electrons. The summed E-state index contributed by atoms with van der Waals surface area (Å²) in [5.74, 6) is 0.812. The molecule has 1 heterocycles. The molecule has 2 rings (SSSR count). The Kier molecular flexibility index (Phi) is 5.14. The molecule has 3 nitrogen and oxygen atoms in total. The van der Waals surface area contributed by atoms with Gasteiger partial charge >= 0.3 is 0 Å². The van der Waals surface area contributed by atoms with E-state index in [0.29, 0.717) is 23.5 Å². The predicted molar refractivity (Wildman–Crippen MR) is 87.1 cm³/mol. The topological polar surface area (TPSA) is 18.5 Å². The number of nitrogens with zero attached hydrogens (tertiary/aromatic N) is 2. The highest BCUT2D eigenvalue weighted by Gasteiger charge is 2.36. The summed E-state index contributed by atoms with van der Waals surface area (Å²) in [6.07, 6.45) is 4.07. The lowest BCUT2D eigenvalue weighted by Gasteiger charge is -2.47. The smallest absolute Gasteiger partial charge is 0.0195 e. The van der Waals surface area contributed by atoms with Crippen LogP contribution in [0.4, 0.5) is 0 Å². The summed E-state index contributed by atoms with van der Waals surface area (Å²) in [4.78, 5) is 5.24. The number of likely N-dealkylation sites (N-methyl/N-ethyl adjacent to an activating group) is 1. The van der Waals surface area contributed by atoms with E-state index in [0.717, 1.165) is 5.92 Å². The quantitative estimate of drug-likeness (QED) is 0.857. The fraction of sp³-hybridized carbons (Fsp3) is 1.00. The van der Waals surface area contributed by atoms with Gasteiger partial charge in [0.05, 0.1) is 0 Å². The largest absolute Gasteiger partial charge is 0.317 e. The maximum absolute atomic E-state index is 3.58. The third kappa shape index (κ3) is 3.75. The van der Waals surface area contributed by atoms with E-state index in [4.69, 9.17) is 0 Å². The van der Waals surface area contributed by atoms with E-state index in [9.17, 15) is 0 Å². The highest BCUT2D eigenvalue weighted by atomic mass is 15.3.